The van der Waals surface area contributed by atoms with Gasteiger partial charge in [-0.3, -0.25) is 14.4 Å². The lowest BCUT2D eigenvalue weighted by Crippen LogP contribution is -2.40. The molecule has 1 fully saturated rings. The van der Waals surface area contributed by atoms with Gasteiger partial charge in [0.2, 0.25) is 5.91 Å². The summed E-state index contributed by atoms with van der Waals surface area (Å²) in [6, 6.07) is 9.54. The van der Waals surface area contributed by atoms with Crippen molar-refractivity contribution in [1.82, 2.24) is 20.6 Å². The fraction of sp³-hybridized carbons (Fsp3) is 0.400. The Bertz CT molecular complexity index is 848. The third-order valence-electron chi connectivity index (χ3n) is 4.91. The van der Waals surface area contributed by atoms with Crippen molar-refractivity contribution in [2.24, 2.45) is 5.92 Å². The molecule has 2 amide bonds. The molecule has 8 nitrogen and oxygen atoms in total. The van der Waals surface area contributed by atoms with Gasteiger partial charge in [0.1, 0.15) is 5.69 Å². The van der Waals surface area contributed by atoms with Gasteiger partial charge in [0.15, 0.2) is 0 Å². The number of H-pyrrole nitrogens is 1. The molecule has 3 atom stereocenters. The number of rotatable bonds is 7. The van der Waals surface area contributed by atoms with Crippen molar-refractivity contribution >= 4 is 11.8 Å². The number of hydrogen-bond acceptors (Lipinski definition) is 5. The lowest BCUT2D eigenvalue weighted by atomic mass is 10.1. The molecule has 0 spiro atoms. The Morgan fingerprint density at radius 1 is 1.21 bits per heavy atom. The van der Waals surface area contributed by atoms with E-state index in [4.69, 9.17) is 0 Å². The summed E-state index contributed by atoms with van der Waals surface area (Å²) in [5.41, 5.74) is 0.883. The Balaban J connectivity index is 1.43. The molecule has 0 radical (unpaired) electrons. The summed E-state index contributed by atoms with van der Waals surface area (Å²) in [6.07, 6.45) is 3.82. The summed E-state index contributed by atoms with van der Waals surface area (Å²) < 4.78 is 0. The Labute approximate surface area is 162 Å². The highest BCUT2D eigenvalue weighted by molar-refractivity contribution is 5.92. The average molecular weight is 384 g/mol. The van der Waals surface area contributed by atoms with Crippen LogP contribution in [-0.4, -0.2) is 45.6 Å². The third-order valence-corrected chi connectivity index (χ3v) is 4.91. The summed E-state index contributed by atoms with van der Waals surface area (Å²) in [5, 5.41) is 15.8. The van der Waals surface area contributed by atoms with Gasteiger partial charge in [-0.25, -0.2) is 4.98 Å². The lowest BCUT2D eigenvalue weighted by molar-refractivity contribution is -0.125. The highest BCUT2D eigenvalue weighted by atomic mass is 16.3. The highest BCUT2D eigenvalue weighted by Crippen LogP contribution is 2.26. The SMILES string of the molecule is O=C(N[C@@H]1C[C@H](C(=O)NCCCc2ccccc2)C[C@H]1O)c1c[nH]c(=O)cn1. The zero-order valence-corrected chi connectivity index (χ0v) is 15.4. The minimum absolute atomic E-state index is 0.0561. The number of aliphatic hydroxyl groups excluding tert-OH is 1. The van der Waals surface area contributed by atoms with Gasteiger partial charge in [-0.05, 0) is 31.2 Å². The van der Waals surface area contributed by atoms with Crippen molar-refractivity contribution < 1.29 is 14.7 Å². The van der Waals surface area contributed by atoms with E-state index < -0.39 is 23.6 Å². The standard InChI is InChI=1S/C20H24N4O4/c25-17-10-14(19(27)21-8-4-7-13-5-2-1-3-6-13)9-15(17)24-20(28)16-11-23-18(26)12-22-16/h1-3,5-6,11-12,14-15,17,25H,4,7-10H2,(H,21,27)(H,23,26)(H,24,28)/t14-,15+,17+/m0/s1. The smallest absolute Gasteiger partial charge is 0.271 e. The fourth-order valence-corrected chi connectivity index (χ4v) is 3.39. The van der Waals surface area contributed by atoms with Gasteiger partial charge in [0, 0.05) is 18.7 Å². The number of aromatic amines is 1. The number of amides is 2. The van der Waals surface area contributed by atoms with Crippen molar-refractivity contribution in [3.8, 4) is 0 Å². The Kier molecular flexibility index (Phi) is 6.54. The van der Waals surface area contributed by atoms with E-state index in [1.54, 1.807) is 0 Å². The molecule has 1 aliphatic carbocycles. The molecule has 4 N–H and O–H groups in total. The first-order valence-electron chi connectivity index (χ1n) is 9.38. The van der Waals surface area contributed by atoms with Crippen molar-refractivity contribution in [3.63, 3.8) is 0 Å². The number of nitrogens with one attached hydrogen (secondary N) is 3. The van der Waals surface area contributed by atoms with E-state index in [2.05, 4.69) is 32.7 Å². The normalized spacial score (nSPS) is 21.2. The van der Waals surface area contributed by atoms with Crippen molar-refractivity contribution in [1.29, 1.82) is 0 Å². The van der Waals surface area contributed by atoms with Gasteiger partial charge < -0.3 is 20.7 Å². The number of aromatic nitrogens is 2. The minimum Gasteiger partial charge on any atom is -0.391 e. The Morgan fingerprint density at radius 2 is 2.00 bits per heavy atom. The molecule has 0 saturated heterocycles. The first-order valence-corrected chi connectivity index (χ1v) is 9.38. The van der Waals surface area contributed by atoms with Crippen LogP contribution in [0.2, 0.25) is 0 Å². The monoisotopic (exact) mass is 384 g/mol. The van der Waals surface area contributed by atoms with Gasteiger partial charge in [0.05, 0.1) is 18.3 Å². The van der Waals surface area contributed by atoms with Crippen LogP contribution in [0, 0.1) is 5.92 Å². The largest absolute Gasteiger partial charge is 0.391 e. The molecule has 0 unspecified atom stereocenters. The van der Waals surface area contributed by atoms with E-state index >= 15 is 0 Å². The van der Waals surface area contributed by atoms with Crippen LogP contribution in [0.5, 0.6) is 0 Å². The lowest BCUT2D eigenvalue weighted by Gasteiger charge is -2.15. The number of hydrogen-bond donors (Lipinski definition) is 4. The second kappa shape index (κ2) is 9.27. The zero-order chi connectivity index (χ0) is 19.9. The summed E-state index contributed by atoms with van der Waals surface area (Å²) in [4.78, 5) is 41.7. The van der Waals surface area contributed by atoms with Gasteiger partial charge in [-0.1, -0.05) is 30.3 Å². The van der Waals surface area contributed by atoms with Crippen LogP contribution in [0.25, 0.3) is 0 Å². The third kappa shape index (κ3) is 5.26. The second-order valence-corrected chi connectivity index (χ2v) is 6.99. The average Bonchev–Trinajstić information content (AvgIpc) is 3.07. The number of carbonyl (C=O) groups excluding carboxylic acids is 2. The first-order chi connectivity index (χ1) is 13.5. The van der Waals surface area contributed by atoms with Gasteiger partial charge in [-0.15, -0.1) is 0 Å². The summed E-state index contributed by atoms with van der Waals surface area (Å²) in [5.74, 6) is -0.948. The summed E-state index contributed by atoms with van der Waals surface area (Å²) >= 11 is 0. The molecule has 1 aromatic heterocycles. The molecule has 0 aliphatic heterocycles. The van der Waals surface area contributed by atoms with Crippen molar-refractivity contribution in [2.75, 3.05) is 6.54 Å². The quantitative estimate of drug-likeness (QED) is 0.514. The minimum atomic E-state index is -0.799. The molecule has 2 aromatic rings. The predicted octanol–water partition coefficient (Wildman–Crippen LogP) is 0.388. The molecule has 0 bridgehead atoms. The van der Waals surface area contributed by atoms with Crippen LogP contribution in [0.1, 0.15) is 35.3 Å². The maximum Gasteiger partial charge on any atom is 0.271 e. The first kappa shape index (κ1) is 19.8. The molecule has 1 saturated carbocycles. The van der Waals surface area contributed by atoms with E-state index in [1.165, 1.54) is 11.8 Å². The molecular weight excluding hydrogens is 360 g/mol. The van der Waals surface area contributed by atoms with E-state index in [9.17, 15) is 19.5 Å². The zero-order valence-electron chi connectivity index (χ0n) is 15.4. The maximum atomic E-state index is 12.4. The predicted molar refractivity (Wildman–Crippen MR) is 103 cm³/mol. The van der Waals surface area contributed by atoms with Crippen LogP contribution in [-0.2, 0) is 11.2 Å². The van der Waals surface area contributed by atoms with Crippen LogP contribution in [0.15, 0.2) is 47.5 Å². The van der Waals surface area contributed by atoms with Crippen molar-refractivity contribution in [3.05, 3.63) is 64.3 Å². The molecule has 148 valence electrons. The van der Waals surface area contributed by atoms with Crippen LogP contribution in [0.4, 0.5) is 0 Å². The topological polar surface area (TPSA) is 124 Å². The number of carbonyl (C=O) groups is 2. The van der Waals surface area contributed by atoms with E-state index in [1.807, 2.05) is 18.2 Å². The Hall–Kier alpha value is -3.00. The Morgan fingerprint density at radius 3 is 2.71 bits per heavy atom. The van der Waals surface area contributed by atoms with Crippen LogP contribution >= 0.6 is 0 Å². The number of benzene rings is 1. The fourth-order valence-electron chi connectivity index (χ4n) is 3.39. The number of aryl methyl sites for hydroxylation is 1. The van der Waals surface area contributed by atoms with Gasteiger partial charge in [0.25, 0.3) is 11.5 Å². The van der Waals surface area contributed by atoms with Gasteiger partial charge in [-0.2, -0.15) is 0 Å². The van der Waals surface area contributed by atoms with E-state index in [0.717, 1.165) is 19.0 Å². The molecule has 28 heavy (non-hydrogen) atoms. The molecule has 3 rings (SSSR count). The van der Waals surface area contributed by atoms with Gasteiger partial charge >= 0.3 is 0 Å². The molecule has 1 aromatic carbocycles. The highest BCUT2D eigenvalue weighted by Gasteiger charge is 2.37. The van der Waals surface area contributed by atoms with Crippen LogP contribution < -0.4 is 16.2 Å². The summed E-state index contributed by atoms with van der Waals surface area (Å²) in [7, 11) is 0. The van der Waals surface area contributed by atoms with E-state index in [0.29, 0.717) is 19.4 Å². The molecular formula is C20H24N4O4. The number of aliphatic hydroxyl groups is 1. The summed E-state index contributed by atoms with van der Waals surface area (Å²) in [6.45, 7) is 0.568. The number of nitrogens with zero attached hydrogens (tertiary/aromatic N) is 1. The van der Waals surface area contributed by atoms with Crippen LogP contribution in [0.3, 0.4) is 0 Å². The van der Waals surface area contributed by atoms with E-state index in [-0.39, 0.29) is 17.5 Å². The molecule has 1 aliphatic rings. The molecule has 8 heteroatoms. The second-order valence-electron chi connectivity index (χ2n) is 6.99. The molecule has 1 heterocycles. The van der Waals surface area contributed by atoms with Crippen molar-refractivity contribution in [2.45, 2.75) is 37.8 Å². The maximum absolute atomic E-state index is 12.4.